The largest absolute Gasteiger partial charge is 0.405 e. The van der Waals surface area contributed by atoms with Crippen LogP contribution in [0.4, 0.5) is 18.0 Å². The summed E-state index contributed by atoms with van der Waals surface area (Å²) >= 11 is 0. The summed E-state index contributed by atoms with van der Waals surface area (Å²) < 4.78 is 36.3. The van der Waals surface area contributed by atoms with Crippen molar-refractivity contribution in [2.75, 3.05) is 19.6 Å². The number of piperidine rings is 1. The van der Waals surface area contributed by atoms with Gasteiger partial charge in [-0.15, -0.1) is 0 Å². The second kappa shape index (κ2) is 7.88. The van der Waals surface area contributed by atoms with Crippen molar-refractivity contribution >= 4 is 11.9 Å². The molecule has 2 rings (SSSR count). The van der Waals surface area contributed by atoms with Gasteiger partial charge in [-0.05, 0) is 25.7 Å². The number of nitrogens with zero attached hydrogens (tertiary/aromatic N) is 1. The number of likely N-dealkylation sites (tertiary alicyclic amines) is 1. The summed E-state index contributed by atoms with van der Waals surface area (Å²) in [7, 11) is 0. The SMILES string of the molecule is O=C(NCC(F)(F)F)C1CCN(C(=O)NC2CCCCC2)CC1. The highest BCUT2D eigenvalue weighted by Gasteiger charge is 2.32. The third-order valence-corrected chi connectivity index (χ3v) is 4.55. The quantitative estimate of drug-likeness (QED) is 0.832. The number of carbonyl (C=O) groups excluding carboxylic acids is 2. The van der Waals surface area contributed by atoms with Crippen molar-refractivity contribution in [2.24, 2.45) is 5.92 Å². The molecule has 0 aromatic carbocycles. The summed E-state index contributed by atoms with van der Waals surface area (Å²) in [5, 5.41) is 4.93. The topological polar surface area (TPSA) is 61.4 Å². The van der Waals surface area contributed by atoms with E-state index in [4.69, 9.17) is 0 Å². The number of carbonyl (C=O) groups is 2. The minimum Gasteiger partial charge on any atom is -0.347 e. The van der Waals surface area contributed by atoms with Crippen LogP contribution in [-0.2, 0) is 4.79 Å². The van der Waals surface area contributed by atoms with Crippen LogP contribution in [0.25, 0.3) is 0 Å². The molecule has 2 N–H and O–H groups in total. The van der Waals surface area contributed by atoms with Crippen LogP contribution in [0.5, 0.6) is 0 Å². The van der Waals surface area contributed by atoms with Crippen LogP contribution >= 0.6 is 0 Å². The smallest absolute Gasteiger partial charge is 0.347 e. The van der Waals surface area contributed by atoms with E-state index in [2.05, 4.69) is 5.32 Å². The van der Waals surface area contributed by atoms with Gasteiger partial charge in [-0.1, -0.05) is 19.3 Å². The van der Waals surface area contributed by atoms with E-state index in [1.54, 1.807) is 4.90 Å². The molecule has 23 heavy (non-hydrogen) atoms. The number of hydrogen-bond acceptors (Lipinski definition) is 2. The summed E-state index contributed by atoms with van der Waals surface area (Å²) in [4.78, 5) is 25.5. The Morgan fingerprint density at radius 2 is 1.61 bits per heavy atom. The lowest BCUT2D eigenvalue weighted by Crippen LogP contribution is -2.50. The lowest BCUT2D eigenvalue weighted by atomic mass is 9.95. The predicted molar refractivity (Wildman–Crippen MR) is 78.8 cm³/mol. The summed E-state index contributed by atoms with van der Waals surface area (Å²) in [6.07, 6.45) is 1.90. The van der Waals surface area contributed by atoms with E-state index in [0.717, 1.165) is 25.7 Å². The first-order chi connectivity index (χ1) is 10.8. The molecular formula is C15H24F3N3O2. The molecule has 0 spiro atoms. The van der Waals surface area contributed by atoms with Gasteiger partial charge in [0, 0.05) is 25.0 Å². The maximum Gasteiger partial charge on any atom is 0.405 e. The van der Waals surface area contributed by atoms with Gasteiger partial charge in [0.25, 0.3) is 0 Å². The van der Waals surface area contributed by atoms with Crippen molar-refractivity contribution in [3.8, 4) is 0 Å². The van der Waals surface area contributed by atoms with Gasteiger partial charge in [0.15, 0.2) is 0 Å². The molecular weight excluding hydrogens is 311 g/mol. The van der Waals surface area contributed by atoms with Crippen LogP contribution in [0.2, 0.25) is 0 Å². The van der Waals surface area contributed by atoms with Crippen molar-refractivity contribution in [3.05, 3.63) is 0 Å². The second-order valence-electron chi connectivity index (χ2n) is 6.38. The standard InChI is InChI=1S/C15H24F3N3O2/c16-15(17,18)10-19-13(22)11-6-8-21(9-7-11)14(23)20-12-4-2-1-3-5-12/h11-12H,1-10H2,(H,19,22)(H,20,23). The minimum absolute atomic E-state index is 0.119. The highest BCUT2D eigenvalue weighted by Crippen LogP contribution is 2.21. The summed E-state index contributed by atoms with van der Waals surface area (Å²) in [6, 6.07) is 0.107. The third kappa shape index (κ3) is 5.91. The normalized spacial score (nSPS) is 21.1. The molecule has 5 nitrogen and oxygen atoms in total. The number of nitrogens with one attached hydrogen (secondary N) is 2. The Morgan fingerprint density at radius 1 is 1.00 bits per heavy atom. The molecule has 1 aliphatic heterocycles. The number of rotatable bonds is 3. The molecule has 2 fully saturated rings. The van der Waals surface area contributed by atoms with Gasteiger partial charge >= 0.3 is 12.2 Å². The van der Waals surface area contributed by atoms with E-state index in [1.807, 2.05) is 5.32 Å². The lowest BCUT2D eigenvalue weighted by molar-refractivity contribution is -0.141. The Bertz CT molecular complexity index is 415. The molecule has 2 aliphatic rings. The molecule has 0 radical (unpaired) electrons. The maximum atomic E-state index is 12.2. The monoisotopic (exact) mass is 335 g/mol. The molecule has 0 bridgehead atoms. The molecule has 132 valence electrons. The average molecular weight is 335 g/mol. The van der Waals surface area contributed by atoms with Crippen molar-refractivity contribution in [3.63, 3.8) is 0 Å². The molecule has 0 atom stereocenters. The van der Waals surface area contributed by atoms with Gasteiger partial charge in [-0.25, -0.2) is 4.79 Å². The van der Waals surface area contributed by atoms with E-state index >= 15 is 0 Å². The van der Waals surface area contributed by atoms with Gasteiger partial charge in [0.2, 0.25) is 5.91 Å². The molecule has 1 aliphatic carbocycles. The molecule has 0 aromatic rings. The molecule has 1 saturated heterocycles. The van der Waals surface area contributed by atoms with Gasteiger partial charge in [0.05, 0.1) is 0 Å². The Balaban J connectivity index is 1.70. The fourth-order valence-corrected chi connectivity index (χ4v) is 3.19. The Kier molecular flexibility index (Phi) is 6.12. The summed E-state index contributed by atoms with van der Waals surface area (Å²) in [5.74, 6) is -1.02. The van der Waals surface area contributed by atoms with E-state index in [9.17, 15) is 22.8 Å². The Hall–Kier alpha value is -1.47. The van der Waals surface area contributed by atoms with Gasteiger partial charge in [-0.3, -0.25) is 4.79 Å². The number of alkyl halides is 3. The second-order valence-corrected chi connectivity index (χ2v) is 6.38. The van der Waals surface area contributed by atoms with Crippen LogP contribution in [0.15, 0.2) is 0 Å². The van der Waals surface area contributed by atoms with Gasteiger partial charge in [0.1, 0.15) is 6.54 Å². The van der Waals surface area contributed by atoms with Crippen molar-refractivity contribution < 1.29 is 22.8 Å². The number of hydrogen-bond donors (Lipinski definition) is 2. The first kappa shape index (κ1) is 17.9. The van der Waals surface area contributed by atoms with Crippen LogP contribution in [0.1, 0.15) is 44.9 Å². The highest BCUT2D eigenvalue weighted by atomic mass is 19.4. The first-order valence-corrected chi connectivity index (χ1v) is 8.25. The number of halogens is 3. The number of urea groups is 1. The molecule has 3 amide bonds. The molecule has 8 heteroatoms. The zero-order valence-corrected chi connectivity index (χ0v) is 13.1. The van der Waals surface area contributed by atoms with E-state index < -0.39 is 24.5 Å². The Morgan fingerprint density at radius 3 is 2.17 bits per heavy atom. The summed E-state index contributed by atoms with van der Waals surface area (Å²) in [5.41, 5.74) is 0. The average Bonchev–Trinajstić information content (AvgIpc) is 2.53. The fourth-order valence-electron chi connectivity index (χ4n) is 3.19. The predicted octanol–water partition coefficient (Wildman–Crippen LogP) is 2.42. The number of amides is 3. The van der Waals surface area contributed by atoms with Crippen LogP contribution < -0.4 is 10.6 Å². The Labute approximate surface area is 134 Å². The maximum absolute atomic E-state index is 12.2. The fraction of sp³-hybridized carbons (Fsp3) is 0.867. The minimum atomic E-state index is -4.39. The van der Waals surface area contributed by atoms with Crippen LogP contribution in [0.3, 0.4) is 0 Å². The molecule has 0 unspecified atom stereocenters. The lowest BCUT2D eigenvalue weighted by Gasteiger charge is -2.33. The molecule has 1 saturated carbocycles. The van der Waals surface area contributed by atoms with Gasteiger partial charge < -0.3 is 15.5 Å². The molecule has 1 heterocycles. The van der Waals surface area contributed by atoms with Crippen LogP contribution in [0, 0.1) is 5.92 Å². The van der Waals surface area contributed by atoms with E-state index in [0.29, 0.717) is 25.9 Å². The van der Waals surface area contributed by atoms with E-state index in [1.165, 1.54) is 6.42 Å². The molecule has 0 aromatic heterocycles. The van der Waals surface area contributed by atoms with Crippen molar-refractivity contribution in [2.45, 2.75) is 57.2 Å². The first-order valence-electron chi connectivity index (χ1n) is 8.25. The van der Waals surface area contributed by atoms with E-state index in [-0.39, 0.29) is 12.1 Å². The zero-order valence-electron chi connectivity index (χ0n) is 13.1. The summed E-state index contributed by atoms with van der Waals surface area (Å²) in [6.45, 7) is -0.487. The zero-order chi connectivity index (χ0) is 16.9. The highest BCUT2D eigenvalue weighted by molar-refractivity contribution is 5.79. The third-order valence-electron chi connectivity index (χ3n) is 4.55. The van der Waals surface area contributed by atoms with Crippen molar-refractivity contribution in [1.29, 1.82) is 0 Å². The van der Waals surface area contributed by atoms with Gasteiger partial charge in [-0.2, -0.15) is 13.2 Å². The van der Waals surface area contributed by atoms with Crippen molar-refractivity contribution in [1.82, 2.24) is 15.5 Å². The van der Waals surface area contributed by atoms with Crippen LogP contribution in [-0.4, -0.2) is 48.7 Å².